The van der Waals surface area contributed by atoms with Crippen molar-refractivity contribution < 1.29 is 4.74 Å². The van der Waals surface area contributed by atoms with Crippen LogP contribution in [-0.2, 0) is 6.54 Å². The molecule has 1 aromatic rings. The third-order valence-electron chi connectivity index (χ3n) is 2.17. The molecule has 0 aliphatic carbocycles. The third kappa shape index (κ3) is 4.09. The fourth-order valence-corrected chi connectivity index (χ4v) is 1.53. The smallest absolute Gasteiger partial charge is 0.137 e. The minimum Gasteiger partial charge on any atom is -0.492 e. The van der Waals surface area contributed by atoms with Gasteiger partial charge in [-0.15, -0.1) is 0 Å². The van der Waals surface area contributed by atoms with Crippen LogP contribution >= 0.6 is 11.6 Å². The maximum Gasteiger partial charge on any atom is 0.137 e. The van der Waals surface area contributed by atoms with Crippen LogP contribution in [0, 0.1) is 11.3 Å². The zero-order valence-electron chi connectivity index (χ0n) is 9.08. The molecule has 0 saturated carbocycles. The maximum atomic E-state index is 8.36. The van der Waals surface area contributed by atoms with E-state index in [1.807, 2.05) is 18.2 Å². The Kier molecular flexibility index (Phi) is 5.69. The molecule has 0 saturated heterocycles. The van der Waals surface area contributed by atoms with Crippen LogP contribution in [0.1, 0.15) is 24.8 Å². The lowest BCUT2D eigenvalue weighted by atomic mass is 10.2. The molecule has 1 rings (SSSR count). The van der Waals surface area contributed by atoms with E-state index < -0.39 is 0 Å². The molecule has 0 spiro atoms. The molecule has 0 bridgehead atoms. The second-order valence-corrected chi connectivity index (χ2v) is 3.84. The van der Waals surface area contributed by atoms with E-state index in [4.69, 9.17) is 27.3 Å². The van der Waals surface area contributed by atoms with E-state index in [2.05, 4.69) is 6.07 Å². The van der Waals surface area contributed by atoms with Gasteiger partial charge in [-0.1, -0.05) is 17.7 Å². The molecule has 0 heterocycles. The lowest BCUT2D eigenvalue weighted by Crippen LogP contribution is -2.00. The molecule has 2 N–H and O–H groups in total. The highest BCUT2D eigenvalue weighted by atomic mass is 35.5. The number of nitrogens with zero attached hydrogens (tertiary/aromatic N) is 1. The molecule has 4 heteroatoms. The number of hydrogen-bond donors (Lipinski definition) is 1. The second-order valence-electron chi connectivity index (χ2n) is 3.43. The van der Waals surface area contributed by atoms with Gasteiger partial charge in [-0.2, -0.15) is 5.26 Å². The normalized spacial score (nSPS) is 9.81. The highest BCUT2D eigenvalue weighted by Gasteiger charge is 2.02. The standard InChI is InChI=1S/C12H15ClN2O/c13-11-8-10(9-15)4-5-12(11)16-7-3-1-2-6-14/h4-5,8H,1-3,7,9,15H2. The molecular weight excluding hydrogens is 224 g/mol. The van der Waals surface area contributed by atoms with E-state index in [0.29, 0.717) is 30.3 Å². The third-order valence-corrected chi connectivity index (χ3v) is 2.47. The predicted octanol–water partition coefficient (Wildman–Crippen LogP) is 2.87. The molecule has 1 aromatic carbocycles. The van der Waals surface area contributed by atoms with Crippen LogP contribution in [0.15, 0.2) is 18.2 Å². The SMILES string of the molecule is N#CCCCCOc1ccc(CN)cc1Cl. The summed E-state index contributed by atoms with van der Waals surface area (Å²) >= 11 is 6.02. The van der Waals surface area contributed by atoms with Crippen molar-refractivity contribution in [2.75, 3.05) is 6.61 Å². The Bertz CT molecular complexity index is 374. The van der Waals surface area contributed by atoms with Gasteiger partial charge in [-0.25, -0.2) is 0 Å². The fourth-order valence-electron chi connectivity index (χ4n) is 1.28. The Morgan fingerprint density at radius 2 is 2.19 bits per heavy atom. The van der Waals surface area contributed by atoms with Gasteiger partial charge in [0, 0.05) is 13.0 Å². The van der Waals surface area contributed by atoms with Crippen molar-refractivity contribution in [3.63, 3.8) is 0 Å². The van der Waals surface area contributed by atoms with Crippen LogP contribution < -0.4 is 10.5 Å². The first-order chi connectivity index (χ1) is 7.77. The lowest BCUT2D eigenvalue weighted by molar-refractivity contribution is 0.307. The minimum absolute atomic E-state index is 0.474. The van der Waals surface area contributed by atoms with Crippen LogP contribution in [0.3, 0.4) is 0 Å². The Balaban J connectivity index is 2.40. The number of unbranched alkanes of at least 4 members (excludes halogenated alkanes) is 2. The number of nitriles is 1. The van der Waals surface area contributed by atoms with E-state index in [9.17, 15) is 0 Å². The average molecular weight is 239 g/mol. The minimum atomic E-state index is 0.474. The van der Waals surface area contributed by atoms with E-state index >= 15 is 0 Å². The van der Waals surface area contributed by atoms with Crippen LogP contribution in [0.2, 0.25) is 5.02 Å². The van der Waals surface area contributed by atoms with E-state index in [1.54, 1.807) is 0 Å². The summed E-state index contributed by atoms with van der Waals surface area (Å²) in [5, 5.41) is 8.95. The van der Waals surface area contributed by atoms with Crippen LogP contribution in [-0.4, -0.2) is 6.61 Å². The van der Waals surface area contributed by atoms with Crippen molar-refractivity contribution in [1.29, 1.82) is 5.26 Å². The van der Waals surface area contributed by atoms with E-state index in [0.717, 1.165) is 18.4 Å². The molecule has 0 atom stereocenters. The average Bonchev–Trinajstić information content (AvgIpc) is 2.30. The maximum absolute atomic E-state index is 8.36. The summed E-state index contributed by atoms with van der Waals surface area (Å²) in [7, 11) is 0. The molecule has 0 radical (unpaired) electrons. The number of rotatable bonds is 6. The first-order valence-corrected chi connectivity index (χ1v) is 5.64. The summed E-state index contributed by atoms with van der Waals surface area (Å²) in [6.07, 6.45) is 2.29. The number of halogens is 1. The number of ether oxygens (including phenoxy) is 1. The topological polar surface area (TPSA) is 59.0 Å². The van der Waals surface area contributed by atoms with Gasteiger partial charge in [0.2, 0.25) is 0 Å². The Morgan fingerprint density at radius 3 is 2.81 bits per heavy atom. The zero-order chi connectivity index (χ0) is 11.8. The van der Waals surface area contributed by atoms with E-state index in [1.165, 1.54) is 0 Å². The van der Waals surface area contributed by atoms with Gasteiger partial charge in [0.1, 0.15) is 5.75 Å². The molecule has 0 fully saturated rings. The largest absolute Gasteiger partial charge is 0.492 e. The summed E-state index contributed by atoms with van der Waals surface area (Å²) in [6, 6.07) is 7.64. The summed E-state index contributed by atoms with van der Waals surface area (Å²) in [4.78, 5) is 0. The van der Waals surface area contributed by atoms with Gasteiger partial charge < -0.3 is 10.5 Å². The van der Waals surface area contributed by atoms with Gasteiger partial charge in [0.05, 0.1) is 17.7 Å². The Labute approximate surface area is 101 Å². The van der Waals surface area contributed by atoms with Gasteiger partial charge in [0.25, 0.3) is 0 Å². The fraction of sp³-hybridized carbons (Fsp3) is 0.417. The molecule has 0 unspecified atom stereocenters. The first kappa shape index (κ1) is 12.8. The van der Waals surface area contributed by atoms with Gasteiger partial charge in [0.15, 0.2) is 0 Å². The summed E-state index contributed by atoms with van der Waals surface area (Å²) in [6.45, 7) is 1.06. The molecule has 86 valence electrons. The van der Waals surface area contributed by atoms with Crippen molar-refractivity contribution in [2.24, 2.45) is 5.73 Å². The van der Waals surface area contributed by atoms with Crippen molar-refractivity contribution in [1.82, 2.24) is 0 Å². The zero-order valence-corrected chi connectivity index (χ0v) is 9.83. The van der Waals surface area contributed by atoms with Gasteiger partial charge in [-0.05, 0) is 30.5 Å². The van der Waals surface area contributed by atoms with Gasteiger partial charge in [-0.3, -0.25) is 0 Å². The second kappa shape index (κ2) is 7.10. The van der Waals surface area contributed by atoms with Crippen molar-refractivity contribution in [3.8, 4) is 11.8 Å². The quantitative estimate of drug-likeness (QED) is 0.776. The van der Waals surface area contributed by atoms with Crippen molar-refractivity contribution in [2.45, 2.75) is 25.8 Å². The molecule has 0 aliphatic heterocycles. The first-order valence-electron chi connectivity index (χ1n) is 5.26. The highest BCUT2D eigenvalue weighted by Crippen LogP contribution is 2.25. The number of benzene rings is 1. The Hall–Kier alpha value is -1.24. The lowest BCUT2D eigenvalue weighted by Gasteiger charge is -2.08. The molecule has 0 aliphatic rings. The number of hydrogen-bond acceptors (Lipinski definition) is 3. The van der Waals surface area contributed by atoms with Crippen molar-refractivity contribution in [3.05, 3.63) is 28.8 Å². The van der Waals surface area contributed by atoms with Crippen LogP contribution in [0.5, 0.6) is 5.75 Å². The van der Waals surface area contributed by atoms with Crippen molar-refractivity contribution >= 4 is 11.6 Å². The highest BCUT2D eigenvalue weighted by molar-refractivity contribution is 6.32. The van der Waals surface area contributed by atoms with Gasteiger partial charge >= 0.3 is 0 Å². The summed E-state index contributed by atoms with van der Waals surface area (Å²) in [5.74, 6) is 0.677. The molecular formula is C12H15ClN2O. The predicted molar refractivity (Wildman–Crippen MR) is 64.3 cm³/mol. The summed E-state index contributed by atoms with van der Waals surface area (Å²) in [5.41, 5.74) is 6.48. The molecule has 16 heavy (non-hydrogen) atoms. The Morgan fingerprint density at radius 1 is 1.38 bits per heavy atom. The molecule has 3 nitrogen and oxygen atoms in total. The summed E-state index contributed by atoms with van der Waals surface area (Å²) < 4.78 is 5.50. The van der Waals surface area contributed by atoms with Crippen LogP contribution in [0.25, 0.3) is 0 Å². The van der Waals surface area contributed by atoms with Crippen LogP contribution in [0.4, 0.5) is 0 Å². The molecule has 0 amide bonds. The van der Waals surface area contributed by atoms with E-state index in [-0.39, 0.29) is 0 Å². The number of nitrogens with two attached hydrogens (primary N) is 1. The monoisotopic (exact) mass is 238 g/mol. The molecule has 0 aromatic heterocycles.